The first kappa shape index (κ1) is 18.8. The molecule has 0 aliphatic carbocycles. The molecule has 22 heavy (non-hydrogen) atoms. The summed E-state index contributed by atoms with van der Waals surface area (Å²) in [6.07, 6.45) is 0.570. The van der Waals surface area contributed by atoms with Gasteiger partial charge in [0.1, 0.15) is 13.2 Å². The van der Waals surface area contributed by atoms with Crippen LogP contribution in [0.5, 0.6) is 0 Å². The molecule has 1 fully saturated rings. The Morgan fingerprint density at radius 3 is 2.50 bits per heavy atom. The highest BCUT2D eigenvalue weighted by Gasteiger charge is 2.45. The third-order valence-electron chi connectivity index (χ3n) is 3.72. The van der Waals surface area contributed by atoms with Crippen molar-refractivity contribution in [2.45, 2.75) is 44.8 Å². The molecule has 2 N–H and O–H groups in total. The molecule has 0 amide bonds. The Hall–Kier alpha value is -1.22. The second-order valence-corrected chi connectivity index (χ2v) is 5.34. The van der Waals surface area contributed by atoms with E-state index in [4.69, 9.17) is 24.5 Å². The Morgan fingerprint density at radius 1 is 1.27 bits per heavy atom. The normalized spacial score (nSPS) is 25.2. The molecule has 1 rings (SSSR count). The van der Waals surface area contributed by atoms with Crippen molar-refractivity contribution < 1.29 is 34.1 Å². The molecule has 8 heteroatoms. The number of hydrogen-bond acceptors (Lipinski definition) is 8. The summed E-state index contributed by atoms with van der Waals surface area (Å²) in [6.45, 7) is 3.68. The lowest BCUT2D eigenvalue weighted by Gasteiger charge is -2.31. The first-order valence-corrected chi connectivity index (χ1v) is 7.45. The van der Waals surface area contributed by atoms with Crippen molar-refractivity contribution in [2.24, 2.45) is 0 Å². The van der Waals surface area contributed by atoms with Gasteiger partial charge in [-0.1, -0.05) is 6.92 Å². The monoisotopic (exact) mass is 319 g/mol. The van der Waals surface area contributed by atoms with Gasteiger partial charge in [0.25, 0.3) is 0 Å². The van der Waals surface area contributed by atoms with Gasteiger partial charge in [-0.15, -0.1) is 0 Å². The Kier molecular flexibility index (Phi) is 7.74. The largest absolute Gasteiger partial charge is 0.463 e. The van der Waals surface area contributed by atoms with Crippen LogP contribution in [0.1, 0.15) is 33.1 Å². The Bertz CT molecular complexity index is 376. The van der Waals surface area contributed by atoms with Gasteiger partial charge in [0.2, 0.25) is 0 Å². The van der Waals surface area contributed by atoms with Crippen LogP contribution in [-0.4, -0.2) is 71.8 Å². The number of carbonyl (C=O) groups excluding carboxylic acids is 2. The van der Waals surface area contributed by atoms with E-state index in [1.165, 1.54) is 0 Å². The average molecular weight is 319 g/mol. The maximum atomic E-state index is 11.8. The molecule has 1 aliphatic rings. The second-order valence-electron chi connectivity index (χ2n) is 5.34. The van der Waals surface area contributed by atoms with Crippen molar-refractivity contribution in [3.63, 3.8) is 0 Å². The second kappa shape index (κ2) is 9.04. The summed E-state index contributed by atoms with van der Waals surface area (Å²) in [7, 11) is 0. The molecule has 0 saturated carbocycles. The number of aliphatic hydroxyl groups is 2. The number of aliphatic hydroxyl groups excluding tert-OH is 2. The van der Waals surface area contributed by atoms with E-state index in [1.54, 1.807) is 5.06 Å². The summed E-state index contributed by atoms with van der Waals surface area (Å²) in [5.74, 6) is -0.943. The standard InChI is InChI=1S/C14H25NO7/c1-3-14(2)10-11(13(19)21-9-7-17)22-15(14)5-4-12(18)20-8-6-16/h11,16-17H,3-10H2,1-2H3. The van der Waals surface area contributed by atoms with Gasteiger partial charge in [-0.25, -0.2) is 4.79 Å². The van der Waals surface area contributed by atoms with Gasteiger partial charge in [-0.2, -0.15) is 5.06 Å². The van der Waals surface area contributed by atoms with E-state index in [1.807, 2.05) is 13.8 Å². The number of hydroxylamine groups is 2. The first-order valence-electron chi connectivity index (χ1n) is 7.45. The highest BCUT2D eigenvalue weighted by Crippen LogP contribution is 2.34. The molecule has 0 bridgehead atoms. The highest BCUT2D eigenvalue weighted by atomic mass is 16.7. The van der Waals surface area contributed by atoms with Crippen LogP contribution in [0.15, 0.2) is 0 Å². The van der Waals surface area contributed by atoms with Gasteiger partial charge in [-0.05, 0) is 13.3 Å². The minimum atomic E-state index is -0.732. The molecule has 8 nitrogen and oxygen atoms in total. The zero-order chi connectivity index (χ0) is 16.6. The van der Waals surface area contributed by atoms with Crippen molar-refractivity contribution in [3.8, 4) is 0 Å². The van der Waals surface area contributed by atoms with Crippen molar-refractivity contribution in [2.75, 3.05) is 33.0 Å². The van der Waals surface area contributed by atoms with Gasteiger partial charge >= 0.3 is 11.9 Å². The predicted octanol–water partition coefficient (Wildman–Crippen LogP) is -0.378. The Morgan fingerprint density at radius 2 is 1.91 bits per heavy atom. The fraction of sp³-hybridized carbons (Fsp3) is 0.857. The van der Waals surface area contributed by atoms with Crippen LogP contribution in [0, 0.1) is 0 Å². The summed E-state index contributed by atoms with van der Waals surface area (Å²) >= 11 is 0. The molecular weight excluding hydrogens is 294 g/mol. The van der Waals surface area contributed by atoms with Crippen LogP contribution in [-0.2, 0) is 23.9 Å². The SMILES string of the molecule is CCC1(C)CC(C(=O)OCCO)ON1CCC(=O)OCCO. The first-order chi connectivity index (χ1) is 10.5. The van der Waals surface area contributed by atoms with Gasteiger partial charge < -0.3 is 19.7 Å². The number of carbonyl (C=O) groups is 2. The number of esters is 2. The van der Waals surface area contributed by atoms with Gasteiger partial charge in [0, 0.05) is 18.5 Å². The highest BCUT2D eigenvalue weighted by molar-refractivity contribution is 5.75. The van der Waals surface area contributed by atoms with E-state index in [2.05, 4.69) is 0 Å². The maximum absolute atomic E-state index is 11.8. The lowest BCUT2D eigenvalue weighted by molar-refractivity contribution is -0.202. The molecule has 1 aliphatic heterocycles. The third-order valence-corrected chi connectivity index (χ3v) is 3.72. The van der Waals surface area contributed by atoms with Crippen LogP contribution in [0.3, 0.4) is 0 Å². The minimum absolute atomic E-state index is 0.0269. The lowest BCUT2D eigenvalue weighted by Crippen LogP contribution is -2.40. The molecule has 0 aromatic carbocycles. The Balaban J connectivity index is 2.53. The quantitative estimate of drug-likeness (QED) is 0.554. The summed E-state index contributed by atoms with van der Waals surface area (Å²) < 4.78 is 9.67. The van der Waals surface area contributed by atoms with Crippen molar-refractivity contribution in [3.05, 3.63) is 0 Å². The van der Waals surface area contributed by atoms with E-state index >= 15 is 0 Å². The smallest absolute Gasteiger partial charge is 0.337 e. The fourth-order valence-electron chi connectivity index (χ4n) is 2.25. The molecule has 1 heterocycles. The van der Waals surface area contributed by atoms with Crippen LogP contribution in [0.25, 0.3) is 0 Å². The molecule has 0 radical (unpaired) electrons. The van der Waals surface area contributed by atoms with E-state index in [0.29, 0.717) is 13.0 Å². The van der Waals surface area contributed by atoms with Crippen LogP contribution in [0.4, 0.5) is 0 Å². The molecule has 0 aromatic rings. The molecule has 0 spiro atoms. The summed E-state index contributed by atoms with van der Waals surface area (Å²) in [5, 5.41) is 18.9. The van der Waals surface area contributed by atoms with E-state index in [-0.39, 0.29) is 38.4 Å². The van der Waals surface area contributed by atoms with Crippen LogP contribution < -0.4 is 0 Å². The van der Waals surface area contributed by atoms with Crippen molar-refractivity contribution >= 4 is 11.9 Å². The van der Waals surface area contributed by atoms with Crippen LogP contribution >= 0.6 is 0 Å². The van der Waals surface area contributed by atoms with Crippen molar-refractivity contribution in [1.82, 2.24) is 5.06 Å². The summed E-state index contributed by atoms with van der Waals surface area (Å²) in [5.41, 5.74) is -0.375. The van der Waals surface area contributed by atoms with E-state index < -0.39 is 18.0 Å². The number of rotatable bonds is 9. The molecule has 2 atom stereocenters. The molecule has 0 aromatic heterocycles. The third kappa shape index (κ3) is 5.20. The number of nitrogens with zero attached hydrogens (tertiary/aromatic N) is 1. The predicted molar refractivity (Wildman–Crippen MR) is 75.6 cm³/mol. The fourth-order valence-corrected chi connectivity index (χ4v) is 2.25. The molecule has 128 valence electrons. The van der Waals surface area contributed by atoms with E-state index in [9.17, 15) is 9.59 Å². The summed E-state index contributed by atoms with van der Waals surface area (Å²) in [4.78, 5) is 28.9. The molecular formula is C14H25NO7. The minimum Gasteiger partial charge on any atom is -0.463 e. The lowest BCUT2D eigenvalue weighted by atomic mass is 9.92. The topological polar surface area (TPSA) is 106 Å². The van der Waals surface area contributed by atoms with Gasteiger partial charge in [0.15, 0.2) is 6.10 Å². The zero-order valence-electron chi connectivity index (χ0n) is 13.1. The molecule has 2 unspecified atom stereocenters. The Labute approximate surface area is 129 Å². The van der Waals surface area contributed by atoms with Crippen molar-refractivity contribution in [1.29, 1.82) is 0 Å². The maximum Gasteiger partial charge on any atom is 0.337 e. The number of hydrogen-bond donors (Lipinski definition) is 2. The van der Waals surface area contributed by atoms with Gasteiger partial charge in [-0.3, -0.25) is 9.63 Å². The van der Waals surface area contributed by atoms with E-state index in [0.717, 1.165) is 6.42 Å². The summed E-state index contributed by atoms with van der Waals surface area (Å²) in [6, 6.07) is 0. The number of ether oxygens (including phenoxy) is 2. The molecule has 1 saturated heterocycles. The average Bonchev–Trinajstić information content (AvgIpc) is 2.86. The van der Waals surface area contributed by atoms with Crippen LogP contribution in [0.2, 0.25) is 0 Å². The van der Waals surface area contributed by atoms with Gasteiger partial charge in [0.05, 0.1) is 19.6 Å². The zero-order valence-corrected chi connectivity index (χ0v) is 13.1.